The first-order valence-electron chi connectivity index (χ1n) is 7.27. The Morgan fingerprint density at radius 1 is 1.24 bits per heavy atom. The Hall–Kier alpha value is -0.120. The Labute approximate surface area is 108 Å². The number of hydrogen-bond acceptors (Lipinski definition) is 3. The molecule has 0 aliphatic heterocycles. The van der Waals surface area contributed by atoms with Gasteiger partial charge in [-0.1, -0.05) is 27.2 Å². The molecule has 0 aromatic carbocycles. The third kappa shape index (κ3) is 7.74. The summed E-state index contributed by atoms with van der Waals surface area (Å²) in [5.41, 5.74) is 0. The normalized spacial score (nSPS) is 15.2. The van der Waals surface area contributed by atoms with Gasteiger partial charge in [-0.05, 0) is 39.3 Å². The van der Waals surface area contributed by atoms with Crippen LogP contribution < -0.4 is 5.32 Å². The Kier molecular flexibility index (Phi) is 10.9. The molecule has 0 bridgehead atoms. The maximum Gasteiger partial charge on any atom is 0.0446 e. The van der Waals surface area contributed by atoms with Gasteiger partial charge in [-0.15, -0.1) is 0 Å². The van der Waals surface area contributed by atoms with Gasteiger partial charge in [0.25, 0.3) is 0 Å². The molecular weight excluding hydrogens is 212 g/mol. The predicted molar refractivity (Wildman–Crippen MR) is 75.4 cm³/mol. The molecule has 0 aromatic heterocycles. The lowest BCUT2D eigenvalue weighted by Crippen LogP contribution is -2.45. The quantitative estimate of drug-likeness (QED) is 0.585. The Balaban J connectivity index is 4.24. The summed E-state index contributed by atoms with van der Waals surface area (Å²) < 4.78 is 0. The minimum atomic E-state index is 0.278. The highest BCUT2D eigenvalue weighted by molar-refractivity contribution is 4.75. The molecule has 0 aromatic rings. The first-order valence-corrected chi connectivity index (χ1v) is 7.27. The molecule has 3 nitrogen and oxygen atoms in total. The highest BCUT2D eigenvalue weighted by atomic mass is 16.3. The van der Waals surface area contributed by atoms with E-state index >= 15 is 0 Å². The van der Waals surface area contributed by atoms with Crippen LogP contribution in [0.25, 0.3) is 0 Å². The minimum Gasteiger partial charge on any atom is -0.396 e. The number of unbranched alkanes of at least 4 members (excludes halogenated alkanes) is 1. The van der Waals surface area contributed by atoms with Crippen molar-refractivity contribution in [3.8, 4) is 0 Å². The van der Waals surface area contributed by atoms with Crippen molar-refractivity contribution in [2.45, 2.75) is 65.5 Å². The third-order valence-electron chi connectivity index (χ3n) is 3.44. The van der Waals surface area contributed by atoms with Crippen molar-refractivity contribution in [3.05, 3.63) is 0 Å². The Bertz CT molecular complexity index is 158. The summed E-state index contributed by atoms with van der Waals surface area (Å²) in [5.74, 6) is 0. The number of aliphatic hydroxyl groups is 1. The van der Waals surface area contributed by atoms with Crippen LogP contribution in [-0.4, -0.2) is 48.3 Å². The van der Waals surface area contributed by atoms with Gasteiger partial charge in [-0.3, -0.25) is 4.90 Å². The largest absolute Gasteiger partial charge is 0.396 e. The summed E-state index contributed by atoms with van der Waals surface area (Å²) in [6.45, 7) is 12.4. The fraction of sp³-hybridized carbons (Fsp3) is 1.00. The van der Waals surface area contributed by atoms with E-state index in [4.69, 9.17) is 5.11 Å². The summed E-state index contributed by atoms with van der Waals surface area (Å²) in [7, 11) is 0. The molecule has 0 rings (SSSR count). The van der Waals surface area contributed by atoms with Crippen LogP contribution in [0.3, 0.4) is 0 Å². The summed E-state index contributed by atoms with van der Waals surface area (Å²) in [4.78, 5) is 2.56. The summed E-state index contributed by atoms with van der Waals surface area (Å²) in [6, 6.07) is 1.07. The van der Waals surface area contributed by atoms with Crippen molar-refractivity contribution in [2.75, 3.05) is 26.2 Å². The molecule has 2 N–H and O–H groups in total. The molecular formula is C14H32N2O. The zero-order valence-electron chi connectivity index (χ0n) is 12.2. The number of hydrogen-bond donors (Lipinski definition) is 2. The minimum absolute atomic E-state index is 0.278. The van der Waals surface area contributed by atoms with Crippen LogP contribution in [0.2, 0.25) is 0 Å². The van der Waals surface area contributed by atoms with Gasteiger partial charge in [0, 0.05) is 25.2 Å². The van der Waals surface area contributed by atoms with E-state index < -0.39 is 0 Å². The molecule has 2 atom stereocenters. The standard InChI is InChI=1S/C14H32N2O/c1-5-8-10-16(13(4)6-2)12-14(9-11-17)15-7-3/h13-15,17H,5-12H2,1-4H3. The van der Waals surface area contributed by atoms with Crippen molar-refractivity contribution in [2.24, 2.45) is 0 Å². The lowest BCUT2D eigenvalue weighted by Gasteiger charge is -2.32. The number of nitrogens with one attached hydrogen (secondary N) is 1. The second-order valence-corrected chi connectivity index (χ2v) is 4.87. The van der Waals surface area contributed by atoms with Crippen LogP contribution in [-0.2, 0) is 0 Å². The van der Waals surface area contributed by atoms with Crippen LogP contribution in [0.1, 0.15) is 53.4 Å². The maximum atomic E-state index is 9.09. The zero-order chi connectivity index (χ0) is 13.1. The van der Waals surface area contributed by atoms with Crippen molar-refractivity contribution in [1.29, 1.82) is 0 Å². The SMILES string of the molecule is CCCCN(CC(CCO)NCC)C(C)CC. The molecule has 2 unspecified atom stereocenters. The fourth-order valence-electron chi connectivity index (χ4n) is 2.10. The first-order chi connectivity index (χ1) is 8.19. The predicted octanol–water partition coefficient (Wildman–Crippen LogP) is 2.25. The van der Waals surface area contributed by atoms with E-state index in [1.165, 1.54) is 25.8 Å². The highest BCUT2D eigenvalue weighted by Gasteiger charge is 2.16. The van der Waals surface area contributed by atoms with Crippen LogP contribution >= 0.6 is 0 Å². The first kappa shape index (κ1) is 16.9. The van der Waals surface area contributed by atoms with Crippen LogP contribution in [0, 0.1) is 0 Å². The van der Waals surface area contributed by atoms with Crippen molar-refractivity contribution >= 4 is 0 Å². The number of aliphatic hydroxyl groups excluding tert-OH is 1. The zero-order valence-corrected chi connectivity index (χ0v) is 12.2. The van der Waals surface area contributed by atoms with Gasteiger partial charge in [0.15, 0.2) is 0 Å². The van der Waals surface area contributed by atoms with Gasteiger partial charge < -0.3 is 10.4 Å². The molecule has 0 aliphatic rings. The molecule has 0 saturated carbocycles. The van der Waals surface area contributed by atoms with E-state index in [0.29, 0.717) is 12.1 Å². The summed E-state index contributed by atoms with van der Waals surface area (Å²) in [5, 5.41) is 12.6. The molecule has 0 heterocycles. The molecule has 0 spiro atoms. The van der Waals surface area contributed by atoms with Crippen LogP contribution in [0.4, 0.5) is 0 Å². The van der Waals surface area contributed by atoms with Gasteiger partial charge in [-0.25, -0.2) is 0 Å². The second kappa shape index (κ2) is 11.0. The van der Waals surface area contributed by atoms with Gasteiger partial charge in [-0.2, -0.15) is 0 Å². The van der Waals surface area contributed by atoms with Crippen molar-refractivity contribution in [3.63, 3.8) is 0 Å². The summed E-state index contributed by atoms with van der Waals surface area (Å²) >= 11 is 0. The van der Waals surface area contributed by atoms with E-state index in [1.807, 2.05) is 0 Å². The summed E-state index contributed by atoms with van der Waals surface area (Å²) in [6.07, 6.45) is 4.57. The second-order valence-electron chi connectivity index (χ2n) is 4.87. The Morgan fingerprint density at radius 2 is 1.94 bits per heavy atom. The lowest BCUT2D eigenvalue weighted by molar-refractivity contribution is 0.165. The van der Waals surface area contributed by atoms with Crippen molar-refractivity contribution < 1.29 is 5.11 Å². The smallest absolute Gasteiger partial charge is 0.0446 e. The molecule has 3 heteroatoms. The third-order valence-corrected chi connectivity index (χ3v) is 3.44. The average molecular weight is 244 g/mol. The molecule has 0 aliphatic carbocycles. The van der Waals surface area contributed by atoms with Gasteiger partial charge in [0.1, 0.15) is 0 Å². The van der Waals surface area contributed by atoms with Gasteiger partial charge in [0.2, 0.25) is 0 Å². The van der Waals surface area contributed by atoms with E-state index in [2.05, 4.69) is 37.9 Å². The number of rotatable bonds is 11. The van der Waals surface area contributed by atoms with E-state index in [1.54, 1.807) is 0 Å². The number of nitrogens with zero attached hydrogens (tertiary/aromatic N) is 1. The monoisotopic (exact) mass is 244 g/mol. The molecule has 104 valence electrons. The van der Waals surface area contributed by atoms with Crippen LogP contribution in [0.5, 0.6) is 0 Å². The molecule has 0 radical (unpaired) electrons. The van der Waals surface area contributed by atoms with E-state index in [-0.39, 0.29) is 6.61 Å². The molecule has 0 amide bonds. The van der Waals surface area contributed by atoms with Crippen molar-refractivity contribution in [1.82, 2.24) is 10.2 Å². The topological polar surface area (TPSA) is 35.5 Å². The molecule has 0 fully saturated rings. The average Bonchev–Trinajstić information content (AvgIpc) is 2.33. The van der Waals surface area contributed by atoms with Gasteiger partial charge in [0.05, 0.1) is 0 Å². The van der Waals surface area contributed by atoms with Crippen LogP contribution in [0.15, 0.2) is 0 Å². The molecule has 17 heavy (non-hydrogen) atoms. The van der Waals surface area contributed by atoms with E-state index in [9.17, 15) is 0 Å². The highest BCUT2D eigenvalue weighted by Crippen LogP contribution is 2.08. The Morgan fingerprint density at radius 3 is 2.41 bits per heavy atom. The van der Waals surface area contributed by atoms with Gasteiger partial charge >= 0.3 is 0 Å². The maximum absolute atomic E-state index is 9.09. The number of likely N-dealkylation sites (N-methyl/N-ethyl adjacent to an activating group) is 1. The fourth-order valence-corrected chi connectivity index (χ4v) is 2.10. The lowest BCUT2D eigenvalue weighted by atomic mass is 10.1. The van der Waals surface area contributed by atoms with E-state index in [0.717, 1.165) is 19.5 Å². The molecule has 0 saturated heterocycles.